The van der Waals surface area contributed by atoms with E-state index >= 15 is 0 Å². The minimum atomic E-state index is -0.178. The maximum Gasteiger partial charge on any atom is 0.123 e. The molecule has 106 valence electrons. The zero-order valence-corrected chi connectivity index (χ0v) is 12.1. The Bertz CT molecular complexity index is 390. The van der Waals surface area contributed by atoms with Crippen molar-refractivity contribution in [2.24, 2.45) is 5.41 Å². The maximum absolute atomic E-state index is 13.1. The number of ether oxygens (including phenoxy) is 1. The third-order valence-corrected chi connectivity index (χ3v) is 3.69. The molecular weight excluding hydrogens is 241 g/mol. The minimum Gasteiger partial charge on any atom is -0.381 e. The van der Waals surface area contributed by atoms with E-state index in [4.69, 9.17) is 4.74 Å². The molecule has 19 heavy (non-hydrogen) atoms. The Morgan fingerprint density at radius 3 is 2.26 bits per heavy atom. The molecule has 0 amide bonds. The Morgan fingerprint density at radius 1 is 1.16 bits per heavy atom. The van der Waals surface area contributed by atoms with Crippen molar-refractivity contribution in [3.63, 3.8) is 0 Å². The van der Waals surface area contributed by atoms with Crippen LogP contribution in [0.2, 0.25) is 0 Å². The fourth-order valence-corrected chi connectivity index (χ4v) is 2.60. The van der Waals surface area contributed by atoms with E-state index in [-0.39, 0.29) is 17.3 Å². The summed E-state index contributed by atoms with van der Waals surface area (Å²) in [6.07, 6.45) is 2.10. The summed E-state index contributed by atoms with van der Waals surface area (Å²) in [5, 5.41) is 3.73. The van der Waals surface area contributed by atoms with Crippen LogP contribution in [0.1, 0.15) is 45.2 Å². The van der Waals surface area contributed by atoms with Gasteiger partial charge in [0.25, 0.3) is 0 Å². The summed E-state index contributed by atoms with van der Waals surface area (Å²) in [4.78, 5) is 0. The third kappa shape index (κ3) is 4.02. The highest BCUT2D eigenvalue weighted by Gasteiger charge is 2.29. The molecule has 1 fully saturated rings. The molecule has 2 nitrogen and oxygen atoms in total. The van der Waals surface area contributed by atoms with Crippen molar-refractivity contribution in [2.75, 3.05) is 13.2 Å². The van der Waals surface area contributed by atoms with Crippen LogP contribution >= 0.6 is 0 Å². The van der Waals surface area contributed by atoms with E-state index in [0.29, 0.717) is 6.04 Å². The average molecular weight is 265 g/mol. The predicted octanol–water partition coefficient (Wildman–Crippen LogP) is 3.68. The van der Waals surface area contributed by atoms with E-state index in [2.05, 4.69) is 26.1 Å². The molecule has 3 heteroatoms. The second-order valence-electron chi connectivity index (χ2n) is 6.40. The van der Waals surface area contributed by atoms with Crippen LogP contribution in [0.25, 0.3) is 0 Å². The van der Waals surface area contributed by atoms with E-state index in [0.717, 1.165) is 31.6 Å². The molecule has 1 atom stereocenters. The van der Waals surface area contributed by atoms with Gasteiger partial charge in [-0.1, -0.05) is 32.9 Å². The Morgan fingerprint density at radius 2 is 1.74 bits per heavy atom. The first-order valence-corrected chi connectivity index (χ1v) is 7.06. The Balaban J connectivity index is 2.13. The average Bonchev–Trinajstić information content (AvgIpc) is 2.37. The topological polar surface area (TPSA) is 21.3 Å². The Labute approximate surface area is 115 Å². The largest absolute Gasteiger partial charge is 0.381 e. The summed E-state index contributed by atoms with van der Waals surface area (Å²) in [5.74, 6) is -0.178. The highest BCUT2D eigenvalue weighted by Crippen LogP contribution is 2.34. The molecule has 0 aliphatic carbocycles. The summed E-state index contributed by atoms with van der Waals surface area (Å²) in [6, 6.07) is 7.58. The summed E-state index contributed by atoms with van der Waals surface area (Å²) in [5.41, 5.74) is 1.25. The van der Waals surface area contributed by atoms with Gasteiger partial charge in [-0.3, -0.25) is 0 Å². The first kappa shape index (κ1) is 14.5. The van der Waals surface area contributed by atoms with Gasteiger partial charge >= 0.3 is 0 Å². The van der Waals surface area contributed by atoms with E-state index < -0.39 is 0 Å². The lowest BCUT2D eigenvalue weighted by molar-refractivity contribution is 0.0687. The Kier molecular flexibility index (Phi) is 4.58. The molecule has 1 aromatic rings. The Hall–Kier alpha value is -0.930. The molecule has 1 aliphatic heterocycles. The highest BCUT2D eigenvalue weighted by molar-refractivity contribution is 5.22. The zero-order valence-electron chi connectivity index (χ0n) is 12.1. The van der Waals surface area contributed by atoms with Gasteiger partial charge in [0.05, 0.1) is 0 Å². The van der Waals surface area contributed by atoms with Crippen LogP contribution in [0.15, 0.2) is 24.3 Å². The van der Waals surface area contributed by atoms with Crippen LogP contribution in [-0.4, -0.2) is 19.3 Å². The van der Waals surface area contributed by atoms with Crippen molar-refractivity contribution < 1.29 is 9.13 Å². The molecule has 2 rings (SSSR count). The standard InChI is InChI=1S/C16H24FNO/c1-16(2,3)15(12-4-6-13(17)7-5-12)18-14-8-10-19-11-9-14/h4-7,14-15,18H,8-11H2,1-3H3. The SMILES string of the molecule is CC(C)(C)C(NC1CCOCC1)c1ccc(F)cc1. The van der Waals surface area contributed by atoms with Crippen LogP contribution in [0, 0.1) is 11.2 Å². The molecule has 1 saturated heterocycles. The van der Waals surface area contributed by atoms with Gasteiger partial charge in [-0.25, -0.2) is 4.39 Å². The van der Waals surface area contributed by atoms with Crippen molar-refractivity contribution in [3.05, 3.63) is 35.6 Å². The first-order valence-electron chi connectivity index (χ1n) is 7.06. The highest BCUT2D eigenvalue weighted by atomic mass is 19.1. The van der Waals surface area contributed by atoms with Crippen LogP contribution in [0.4, 0.5) is 4.39 Å². The van der Waals surface area contributed by atoms with Crippen LogP contribution in [0.5, 0.6) is 0 Å². The molecule has 0 saturated carbocycles. The lowest BCUT2D eigenvalue weighted by Gasteiger charge is -2.36. The number of halogens is 1. The molecule has 1 aliphatic rings. The molecule has 1 unspecified atom stereocenters. The number of nitrogens with one attached hydrogen (secondary N) is 1. The summed E-state index contributed by atoms with van der Waals surface area (Å²) >= 11 is 0. The maximum atomic E-state index is 13.1. The molecule has 0 spiro atoms. The fourth-order valence-electron chi connectivity index (χ4n) is 2.60. The van der Waals surface area contributed by atoms with Gasteiger partial charge in [-0.05, 0) is 36.0 Å². The normalized spacial score (nSPS) is 19.4. The third-order valence-electron chi connectivity index (χ3n) is 3.69. The molecule has 1 N–H and O–H groups in total. The second-order valence-corrected chi connectivity index (χ2v) is 6.40. The van der Waals surface area contributed by atoms with Crippen molar-refractivity contribution in [3.8, 4) is 0 Å². The molecule has 1 heterocycles. The summed E-state index contributed by atoms with van der Waals surface area (Å²) in [7, 11) is 0. The first-order chi connectivity index (χ1) is 8.97. The van der Waals surface area contributed by atoms with Crippen molar-refractivity contribution in [1.82, 2.24) is 5.32 Å². The quantitative estimate of drug-likeness (QED) is 0.900. The lowest BCUT2D eigenvalue weighted by Crippen LogP contribution is -2.42. The van der Waals surface area contributed by atoms with E-state index in [9.17, 15) is 4.39 Å². The van der Waals surface area contributed by atoms with E-state index in [1.807, 2.05) is 12.1 Å². The predicted molar refractivity (Wildman–Crippen MR) is 75.6 cm³/mol. The smallest absolute Gasteiger partial charge is 0.123 e. The van der Waals surface area contributed by atoms with Crippen LogP contribution in [-0.2, 0) is 4.74 Å². The van der Waals surface area contributed by atoms with Gasteiger partial charge in [0.1, 0.15) is 5.82 Å². The molecular formula is C16H24FNO. The number of rotatable bonds is 3. The van der Waals surface area contributed by atoms with Crippen LogP contribution in [0.3, 0.4) is 0 Å². The van der Waals surface area contributed by atoms with Crippen molar-refractivity contribution >= 4 is 0 Å². The van der Waals surface area contributed by atoms with E-state index in [1.165, 1.54) is 0 Å². The number of hydrogen-bond acceptors (Lipinski definition) is 2. The molecule has 0 bridgehead atoms. The molecule has 0 radical (unpaired) electrons. The number of benzene rings is 1. The lowest BCUT2D eigenvalue weighted by atomic mass is 9.81. The van der Waals surface area contributed by atoms with Crippen LogP contribution < -0.4 is 5.32 Å². The monoisotopic (exact) mass is 265 g/mol. The van der Waals surface area contributed by atoms with E-state index in [1.54, 1.807) is 12.1 Å². The summed E-state index contributed by atoms with van der Waals surface area (Å²) < 4.78 is 18.5. The van der Waals surface area contributed by atoms with Gasteiger partial charge in [-0.15, -0.1) is 0 Å². The van der Waals surface area contributed by atoms with Crippen molar-refractivity contribution in [2.45, 2.75) is 45.7 Å². The summed E-state index contributed by atoms with van der Waals surface area (Å²) in [6.45, 7) is 8.31. The number of hydrogen-bond donors (Lipinski definition) is 1. The zero-order chi connectivity index (χ0) is 13.9. The van der Waals surface area contributed by atoms with Crippen molar-refractivity contribution in [1.29, 1.82) is 0 Å². The second kappa shape index (κ2) is 6.02. The van der Waals surface area contributed by atoms with Gasteiger partial charge in [0.15, 0.2) is 0 Å². The van der Waals surface area contributed by atoms with Gasteiger partial charge < -0.3 is 10.1 Å². The van der Waals surface area contributed by atoms with Gasteiger partial charge in [0, 0.05) is 25.3 Å². The molecule has 0 aromatic heterocycles. The van der Waals surface area contributed by atoms with Gasteiger partial charge in [-0.2, -0.15) is 0 Å². The minimum absolute atomic E-state index is 0.0934. The fraction of sp³-hybridized carbons (Fsp3) is 0.625. The van der Waals surface area contributed by atoms with Gasteiger partial charge in [0.2, 0.25) is 0 Å². The molecule has 1 aromatic carbocycles.